The second kappa shape index (κ2) is 19.8. The first-order valence-corrected chi connectivity index (χ1v) is 15.0. The van der Waals surface area contributed by atoms with Crippen LogP contribution in [0.3, 0.4) is 0 Å². The van der Waals surface area contributed by atoms with Crippen LogP contribution in [0, 0.1) is 5.82 Å². The molecular formula is C29H40FN9O9. The molecule has 0 radical (unpaired) electrons. The molecule has 2 rings (SSSR count). The van der Waals surface area contributed by atoms with E-state index in [1.165, 1.54) is 19.1 Å². The molecule has 48 heavy (non-hydrogen) atoms. The number of benzene rings is 1. The lowest BCUT2D eigenvalue weighted by Crippen LogP contribution is -2.54. The number of primary amides is 1. The first kappa shape index (κ1) is 38.6. The van der Waals surface area contributed by atoms with Gasteiger partial charge in [-0.1, -0.05) is 12.1 Å². The van der Waals surface area contributed by atoms with Crippen molar-refractivity contribution in [2.24, 2.45) is 5.73 Å². The molecule has 1 aromatic carbocycles. The zero-order valence-electron chi connectivity index (χ0n) is 26.2. The quantitative estimate of drug-likeness (QED) is 0.140. The molecule has 0 bridgehead atoms. The average Bonchev–Trinajstić information content (AvgIpc) is 3.03. The first-order valence-electron chi connectivity index (χ1n) is 15.0. The van der Waals surface area contributed by atoms with Crippen molar-refractivity contribution in [3.63, 3.8) is 0 Å². The van der Waals surface area contributed by atoms with Crippen LogP contribution in [0.25, 0.3) is 0 Å². The molecule has 1 fully saturated rings. The summed E-state index contributed by atoms with van der Waals surface area (Å²) < 4.78 is 13.4. The third kappa shape index (κ3) is 15.1. The van der Waals surface area contributed by atoms with Crippen molar-refractivity contribution in [3.05, 3.63) is 35.6 Å². The maximum atomic E-state index is 13.4. The number of rotatable bonds is 6. The predicted octanol–water partition coefficient (Wildman–Crippen LogP) is -4.52. The van der Waals surface area contributed by atoms with Gasteiger partial charge in [0.15, 0.2) is 0 Å². The minimum Gasteiger partial charge on any atom is -0.368 e. The Morgan fingerprint density at radius 2 is 1.44 bits per heavy atom. The van der Waals surface area contributed by atoms with E-state index in [0.29, 0.717) is 5.56 Å². The van der Waals surface area contributed by atoms with Gasteiger partial charge in [-0.05, 0) is 37.0 Å². The van der Waals surface area contributed by atoms with Gasteiger partial charge in [0.2, 0.25) is 53.2 Å². The molecule has 1 heterocycles. The molecule has 0 saturated carbocycles. The highest BCUT2D eigenvalue weighted by molar-refractivity contribution is 5.95. The number of carbonyl (C=O) groups is 9. The smallest absolute Gasteiger partial charge is 0.243 e. The monoisotopic (exact) mass is 677 g/mol. The highest BCUT2D eigenvalue weighted by atomic mass is 19.1. The van der Waals surface area contributed by atoms with Crippen LogP contribution in [0.4, 0.5) is 4.39 Å². The van der Waals surface area contributed by atoms with E-state index in [4.69, 9.17) is 5.73 Å². The minimum absolute atomic E-state index is 0.0477. The summed E-state index contributed by atoms with van der Waals surface area (Å²) >= 11 is 0. The van der Waals surface area contributed by atoms with Crippen LogP contribution in [0.15, 0.2) is 24.3 Å². The molecule has 18 nitrogen and oxygen atoms in total. The highest BCUT2D eigenvalue weighted by Gasteiger charge is 2.26. The van der Waals surface area contributed by atoms with Gasteiger partial charge >= 0.3 is 0 Å². The van der Waals surface area contributed by atoms with Crippen molar-refractivity contribution in [1.29, 1.82) is 0 Å². The van der Waals surface area contributed by atoms with Crippen molar-refractivity contribution in [3.8, 4) is 0 Å². The molecule has 0 aromatic heterocycles. The molecule has 3 unspecified atom stereocenters. The molecule has 1 saturated heterocycles. The van der Waals surface area contributed by atoms with E-state index in [1.54, 1.807) is 0 Å². The van der Waals surface area contributed by atoms with E-state index in [0.717, 1.165) is 12.1 Å². The molecule has 1 aromatic rings. The van der Waals surface area contributed by atoms with Crippen LogP contribution in [0.2, 0.25) is 0 Å². The van der Waals surface area contributed by atoms with Crippen LogP contribution in [0.5, 0.6) is 0 Å². The van der Waals surface area contributed by atoms with Crippen LogP contribution in [-0.4, -0.2) is 104 Å². The minimum atomic E-state index is -1.31. The Bertz CT molecular complexity index is 1370. The van der Waals surface area contributed by atoms with Gasteiger partial charge in [0.1, 0.15) is 23.9 Å². The lowest BCUT2D eigenvalue weighted by atomic mass is 10.0. The molecule has 9 amide bonds. The normalized spacial score (nSPS) is 21.2. The average molecular weight is 678 g/mol. The summed E-state index contributed by atoms with van der Waals surface area (Å²) in [5.41, 5.74) is 5.81. The van der Waals surface area contributed by atoms with E-state index in [2.05, 4.69) is 42.5 Å². The number of halogens is 1. The Morgan fingerprint density at radius 3 is 2.10 bits per heavy atom. The summed E-state index contributed by atoms with van der Waals surface area (Å²) in [6, 6.07) is 1.34. The fourth-order valence-corrected chi connectivity index (χ4v) is 4.28. The molecule has 1 aliphatic heterocycles. The van der Waals surface area contributed by atoms with Gasteiger partial charge in [0.25, 0.3) is 0 Å². The van der Waals surface area contributed by atoms with Gasteiger partial charge in [-0.2, -0.15) is 0 Å². The third-order valence-electron chi connectivity index (χ3n) is 6.78. The van der Waals surface area contributed by atoms with Gasteiger partial charge in [-0.25, -0.2) is 4.39 Å². The van der Waals surface area contributed by atoms with E-state index in [1.807, 2.05) is 0 Å². The molecule has 0 aliphatic carbocycles. The molecule has 262 valence electrons. The Kier molecular flexibility index (Phi) is 15.9. The molecule has 10 N–H and O–H groups in total. The van der Waals surface area contributed by atoms with Crippen molar-refractivity contribution >= 4 is 53.2 Å². The van der Waals surface area contributed by atoms with Gasteiger partial charge < -0.3 is 48.3 Å². The molecular weight excluding hydrogens is 637 g/mol. The predicted molar refractivity (Wildman–Crippen MR) is 164 cm³/mol. The fraction of sp³-hybridized carbons (Fsp3) is 0.483. The molecule has 19 heteroatoms. The zero-order valence-corrected chi connectivity index (χ0v) is 26.2. The summed E-state index contributed by atoms with van der Waals surface area (Å²) in [5, 5.41) is 19.0. The molecule has 0 spiro atoms. The van der Waals surface area contributed by atoms with Gasteiger partial charge in [0, 0.05) is 26.3 Å². The lowest BCUT2D eigenvalue weighted by Gasteiger charge is -2.20. The van der Waals surface area contributed by atoms with Crippen LogP contribution >= 0.6 is 0 Å². The lowest BCUT2D eigenvalue weighted by molar-refractivity contribution is -0.132. The summed E-state index contributed by atoms with van der Waals surface area (Å²) in [6.07, 6.45) is -0.334. The SMILES string of the molecule is CC(=O)NCC(=O)NC1CCC(=O)NCCCC(C(N)=O)NC(=O)CNC(=O)CNC(=O)C(Cc2ccc(F)cc2)NC(=O)CNC1=O. The fourth-order valence-electron chi connectivity index (χ4n) is 4.28. The van der Waals surface area contributed by atoms with Crippen molar-refractivity contribution in [2.45, 2.75) is 57.2 Å². The topological polar surface area (TPSA) is 276 Å². The summed E-state index contributed by atoms with van der Waals surface area (Å²) in [4.78, 5) is 111. The van der Waals surface area contributed by atoms with Gasteiger partial charge in [-0.3, -0.25) is 43.2 Å². The maximum absolute atomic E-state index is 13.4. The van der Waals surface area contributed by atoms with Gasteiger partial charge in [-0.15, -0.1) is 0 Å². The Hall–Kier alpha value is -5.62. The van der Waals surface area contributed by atoms with E-state index in [9.17, 15) is 47.5 Å². The maximum Gasteiger partial charge on any atom is 0.243 e. The summed E-state index contributed by atoms with van der Waals surface area (Å²) in [7, 11) is 0. The largest absolute Gasteiger partial charge is 0.368 e. The van der Waals surface area contributed by atoms with Crippen molar-refractivity contribution < 1.29 is 47.5 Å². The zero-order chi connectivity index (χ0) is 35.6. The van der Waals surface area contributed by atoms with Crippen LogP contribution < -0.4 is 48.3 Å². The number of nitrogens with two attached hydrogens (primary N) is 1. The van der Waals surface area contributed by atoms with E-state index in [-0.39, 0.29) is 38.6 Å². The Labute approximate surface area is 274 Å². The highest BCUT2D eigenvalue weighted by Crippen LogP contribution is 2.07. The number of amides is 9. The number of hydrogen-bond donors (Lipinski definition) is 9. The van der Waals surface area contributed by atoms with Crippen LogP contribution in [-0.2, 0) is 49.6 Å². The van der Waals surface area contributed by atoms with Crippen molar-refractivity contribution in [1.82, 2.24) is 42.5 Å². The summed E-state index contributed by atoms with van der Waals surface area (Å²) in [5.74, 6) is -7.17. The summed E-state index contributed by atoms with van der Waals surface area (Å²) in [6.45, 7) is -1.01. The van der Waals surface area contributed by atoms with Gasteiger partial charge in [0.05, 0.1) is 26.2 Å². The third-order valence-corrected chi connectivity index (χ3v) is 6.78. The van der Waals surface area contributed by atoms with Crippen molar-refractivity contribution in [2.75, 3.05) is 32.7 Å². The Morgan fingerprint density at radius 1 is 0.812 bits per heavy atom. The number of nitrogens with one attached hydrogen (secondary N) is 8. The van der Waals surface area contributed by atoms with E-state index < -0.39 is 103 Å². The standard InChI is InChI=1S/C29H40FN9O9/c1-16(40)33-13-24(43)38-20-8-9-22(41)32-10-2-3-19(27(31)46)37-25(44)14-34-23(42)12-35-29(48)21(39-26(45)15-36-28(20)47)11-17-4-6-18(30)7-5-17/h4-7,19-21H,2-3,8-15H2,1H3,(H2,31,46)(H,32,41)(H,33,40)(H,34,42)(H,35,48)(H,36,47)(H,37,44)(H,38,43)(H,39,45). The first-order chi connectivity index (χ1) is 22.7. The number of hydrogen-bond acceptors (Lipinski definition) is 9. The Balaban J connectivity index is 2.24. The van der Waals surface area contributed by atoms with Crippen LogP contribution in [0.1, 0.15) is 38.2 Å². The second-order valence-electron chi connectivity index (χ2n) is 10.7. The second-order valence-corrected chi connectivity index (χ2v) is 10.7. The molecule has 1 aliphatic rings. The molecule has 3 atom stereocenters. The number of carbonyl (C=O) groups excluding carboxylic acids is 9. The van der Waals surface area contributed by atoms with E-state index >= 15 is 0 Å².